The van der Waals surface area contributed by atoms with E-state index < -0.39 is 11.2 Å². The van der Waals surface area contributed by atoms with Crippen LogP contribution in [0.15, 0.2) is 36.9 Å². The largest absolute Gasteiger partial charge is 0.492 e. The van der Waals surface area contributed by atoms with Crippen LogP contribution in [-0.2, 0) is 4.74 Å². The minimum atomic E-state index is -1.06. The van der Waals surface area contributed by atoms with Gasteiger partial charge in [-0.1, -0.05) is 0 Å². The van der Waals surface area contributed by atoms with E-state index in [0.717, 1.165) is 0 Å². The van der Waals surface area contributed by atoms with Crippen LogP contribution in [0.25, 0.3) is 11.2 Å². The second kappa shape index (κ2) is 9.06. The lowest BCUT2D eigenvalue weighted by molar-refractivity contribution is -0.194. The first-order valence-electron chi connectivity index (χ1n) is 11.8. The maximum absolute atomic E-state index is 13.0. The summed E-state index contributed by atoms with van der Waals surface area (Å²) in [6.07, 6.45) is 4.77. The quantitative estimate of drug-likeness (QED) is 0.486. The fourth-order valence-electron chi connectivity index (χ4n) is 5.23. The molecule has 5 rings (SSSR count). The Balaban J connectivity index is 1.24. The first-order valence-corrected chi connectivity index (χ1v) is 11.8. The number of hydrogen-bond donors (Lipinski definition) is 3. The lowest BCUT2D eigenvalue weighted by Gasteiger charge is -2.51. The number of imidazole rings is 1. The summed E-state index contributed by atoms with van der Waals surface area (Å²) in [5.74, 6) is 0.973. The van der Waals surface area contributed by atoms with Crippen LogP contribution in [0, 0.1) is 0 Å². The molecule has 2 aliphatic heterocycles. The zero-order valence-corrected chi connectivity index (χ0v) is 19.8. The van der Waals surface area contributed by atoms with Crippen molar-refractivity contribution in [1.29, 1.82) is 0 Å². The number of carbonyl (C=O) groups is 1. The van der Waals surface area contributed by atoms with E-state index >= 15 is 0 Å². The van der Waals surface area contributed by atoms with E-state index in [1.54, 1.807) is 30.6 Å². The van der Waals surface area contributed by atoms with Crippen LogP contribution in [0.5, 0.6) is 5.75 Å². The van der Waals surface area contributed by atoms with Gasteiger partial charge in [-0.25, -0.2) is 15.0 Å². The van der Waals surface area contributed by atoms with E-state index in [-0.39, 0.29) is 11.9 Å². The zero-order chi connectivity index (χ0) is 24.6. The predicted molar refractivity (Wildman–Crippen MR) is 129 cm³/mol. The number of piperidine rings is 1. The highest BCUT2D eigenvalue weighted by Gasteiger charge is 2.50. The Kier molecular flexibility index (Phi) is 6.07. The van der Waals surface area contributed by atoms with E-state index in [1.165, 1.54) is 6.33 Å². The van der Waals surface area contributed by atoms with E-state index in [1.807, 2.05) is 16.4 Å². The number of aliphatic hydroxyl groups is 1. The molecule has 2 aliphatic rings. The number of fused-ring (bicyclic) bond motifs is 1. The Bertz CT molecular complexity index is 1200. The lowest BCUT2D eigenvalue weighted by atomic mass is 9.75. The Hall–Kier alpha value is -3.28. The monoisotopic (exact) mass is 481 g/mol. The molecule has 2 saturated heterocycles. The Morgan fingerprint density at radius 1 is 1.23 bits per heavy atom. The van der Waals surface area contributed by atoms with Crippen LogP contribution >= 0.6 is 0 Å². The number of likely N-dealkylation sites (tertiary alicyclic amines) is 1. The van der Waals surface area contributed by atoms with Gasteiger partial charge in [0.15, 0.2) is 11.5 Å². The molecular formula is C24H31N7O4. The number of nitrogen functional groups attached to an aromatic ring is 1. The van der Waals surface area contributed by atoms with E-state index in [9.17, 15) is 9.90 Å². The third-order valence-electron chi connectivity index (χ3n) is 7.12. The molecule has 186 valence electrons. The van der Waals surface area contributed by atoms with Crippen LogP contribution < -0.4 is 16.2 Å². The highest BCUT2D eigenvalue weighted by Crippen LogP contribution is 2.44. The summed E-state index contributed by atoms with van der Waals surface area (Å²) in [4.78, 5) is 27.5. The SMILES string of the molecule is C[C@]1(O)CC2(CCN(C(=O)c3ccc(OCCN)cc3)CC2)OC[C@@H]1n1cnc2c(N)ncnc21. The second-order valence-corrected chi connectivity index (χ2v) is 9.58. The molecule has 2 fully saturated rings. The second-order valence-electron chi connectivity index (χ2n) is 9.58. The van der Waals surface area contributed by atoms with Crippen molar-refractivity contribution in [2.75, 3.05) is 38.6 Å². The summed E-state index contributed by atoms with van der Waals surface area (Å²) in [6.45, 7) is 4.12. The fourth-order valence-corrected chi connectivity index (χ4v) is 5.23. The molecule has 1 amide bonds. The predicted octanol–water partition coefficient (Wildman–Crippen LogP) is 1.13. The van der Waals surface area contributed by atoms with Crippen molar-refractivity contribution in [3.8, 4) is 5.75 Å². The molecule has 0 aliphatic carbocycles. The Morgan fingerprint density at radius 2 is 1.97 bits per heavy atom. The molecule has 1 spiro atoms. The zero-order valence-electron chi connectivity index (χ0n) is 19.8. The normalized spacial score (nSPS) is 24.1. The number of carbonyl (C=O) groups excluding carboxylic acids is 1. The van der Waals surface area contributed by atoms with Gasteiger partial charge >= 0.3 is 0 Å². The topological polar surface area (TPSA) is 155 Å². The summed E-state index contributed by atoms with van der Waals surface area (Å²) >= 11 is 0. The standard InChI is InChI=1S/C24H31N7O4/c1-23(33)13-24(35-12-18(23)31-15-29-19-20(26)27-14-28-21(19)31)6-9-30(10-7-24)22(32)16-2-4-17(5-3-16)34-11-8-25/h2-5,14-15,18,33H,6-13,25H2,1H3,(H2,26,27,28)/t18-,23-/m0/s1. The molecule has 0 unspecified atom stereocenters. The molecule has 0 bridgehead atoms. The molecule has 11 nitrogen and oxygen atoms in total. The number of anilines is 1. The van der Waals surface area contributed by atoms with Crippen LogP contribution in [0.1, 0.15) is 42.6 Å². The number of amides is 1. The Labute approximate surface area is 203 Å². The number of rotatable bonds is 5. The molecular weight excluding hydrogens is 450 g/mol. The average Bonchev–Trinajstić information content (AvgIpc) is 3.28. The van der Waals surface area contributed by atoms with Crippen LogP contribution in [0.2, 0.25) is 0 Å². The molecule has 4 heterocycles. The van der Waals surface area contributed by atoms with Crippen LogP contribution in [0.3, 0.4) is 0 Å². The minimum Gasteiger partial charge on any atom is -0.492 e. The molecule has 2 atom stereocenters. The van der Waals surface area contributed by atoms with Crippen LogP contribution in [-0.4, -0.2) is 79.5 Å². The van der Waals surface area contributed by atoms with E-state index in [0.29, 0.717) is 80.4 Å². The van der Waals surface area contributed by atoms with Gasteiger partial charge < -0.3 is 35.5 Å². The van der Waals surface area contributed by atoms with Gasteiger partial charge in [0.25, 0.3) is 5.91 Å². The highest BCUT2D eigenvalue weighted by molar-refractivity contribution is 5.94. The number of nitrogens with two attached hydrogens (primary N) is 2. The average molecular weight is 482 g/mol. The summed E-state index contributed by atoms with van der Waals surface area (Å²) < 4.78 is 13.7. The van der Waals surface area contributed by atoms with Crippen molar-refractivity contribution < 1.29 is 19.4 Å². The Morgan fingerprint density at radius 3 is 2.66 bits per heavy atom. The number of hydrogen-bond acceptors (Lipinski definition) is 9. The lowest BCUT2D eigenvalue weighted by Crippen LogP contribution is -2.57. The molecule has 5 N–H and O–H groups in total. The smallest absolute Gasteiger partial charge is 0.253 e. The third kappa shape index (κ3) is 4.42. The third-order valence-corrected chi connectivity index (χ3v) is 7.12. The first-order chi connectivity index (χ1) is 16.8. The molecule has 11 heteroatoms. The molecule has 0 radical (unpaired) electrons. The summed E-state index contributed by atoms with van der Waals surface area (Å²) in [6, 6.07) is 6.75. The van der Waals surface area contributed by atoms with E-state index in [2.05, 4.69) is 15.0 Å². The van der Waals surface area contributed by atoms with Crippen molar-refractivity contribution in [1.82, 2.24) is 24.4 Å². The van der Waals surface area contributed by atoms with E-state index in [4.69, 9.17) is 20.9 Å². The number of benzene rings is 1. The molecule has 1 aromatic carbocycles. The van der Waals surface area contributed by atoms with Crippen molar-refractivity contribution in [2.45, 2.75) is 43.4 Å². The van der Waals surface area contributed by atoms with Crippen molar-refractivity contribution in [3.05, 3.63) is 42.5 Å². The van der Waals surface area contributed by atoms with Gasteiger partial charge in [0.05, 0.1) is 30.2 Å². The molecule has 35 heavy (non-hydrogen) atoms. The summed E-state index contributed by atoms with van der Waals surface area (Å²) in [5.41, 5.74) is 11.5. The van der Waals surface area contributed by atoms with Gasteiger partial charge in [0.2, 0.25) is 0 Å². The van der Waals surface area contributed by atoms with Gasteiger partial charge in [-0.15, -0.1) is 0 Å². The van der Waals surface area contributed by atoms with Crippen LogP contribution in [0.4, 0.5) is 5.82 Å². The van der Waals surface area contributed by atoms with Gasteiger partial charge in [-0.2, -0.15) is 0 Å². The fraction of sp³-hybridized carbons (Fsp3) is 0.500. The van der Waals surface area contributed by atoms with Gasteiger partial charge in [-0.3, -0.25) is 4.79 Å². The number of ether oxygens (including phenoxy) is 2. The maximum atomic E-state index is 13.0. The molecule has 2 aromatic heterocycles. The summed E-state index contributed by atoms with van der Waals surface area (Å²) in [7, 11) is 0. The van der Waals surface area contributed by atoms with Crippen molar-refractivity contribution in [2.24, 2.45) is 5.73 Å². The van der Waals surface area contributed by atoms with Gasteiger partial charge in [-0.05, 0) is 44.0 Å². The number of aromatic nitrogens is 4. The van der Waals surface area contributed by atoms with Crippen molar-refractivity contribution in [3.63, 3.8) is 0 Å². The first kappa shape index (κ1) is 23.5. The molecule has 0 saturated carbocycles. The minimum absolute atomic E-state index is 0.0205. The van der Waals surface area contributed by atoms with Gasteiger partial charge in [0.1, 0.15) is 24.2 Å². The number of nitrogens with zero attached hydrogens (tertiary/aromatic N) is 5. The van der Waals surface area contributed by atoms with Crippen molar-refractivity contribution >= 4 is 22.9 Å². The summed E-state index contributed by atoms with van der Waals surface area (Å²) in [5, 5.41) is 11.5. The maximum Gasteiger partial charge on any atom is 0.253 e. The van der Waals surface area contributed by atoms with Gasteiger partial charge in [0, 0.05) is 31.6 Å². The molecule has 3 aromatic rings. The highest BCUT2D eigenvalue weighted by atomic mass is 16.5.